The maximum absolute atomic E-state index is 9.11. The van der Waals surface area contributed by atoms with Crippen LogP contribution in [0.1, 0.15) is 18.1 Å². The SMILES string of the molecule is CCc1cc(Oc2cc(OC)ccc2C#N)ccc1Cl. The second kappa shape index (κ2) is 6.31. The molecule has 0 aliphatic rings. The molecule has 0 radical (unpaired) electrons. The van der Waals surface area contributed by atoms with Gasteiger partial charge in [-0.1, -0.05) is 18.5 Å². The Labute approximate surface area is 123 Å². The van der Waals surface area contributed by atoms with Gasteiger partial charge in [-0.25, -0.2) is 0 Å². The van der Waals surface area contributed by atoms with Crippen LogP contribution in [-0.2, 0) is 6.42 Å². The lowest BCUT2D eigenvalue weighted by atomic mass is 10.1. The van der Waals surface area contributed by atoms with Crippen LogP contribution in [0.25, 0.3) is 0 Å². The normalized spacial score (nSPS) is 9.90. The molecule has 2 rings (SSSR count). The van der Waals surface area contributed by atoms with Gasteiger partial charge < -0.3 is 9.47 Å². The Hall–Kier alpha value is -2.18. The Bertz CT molecular complexity index is 662. The van der Waals surface area contributed by atoms with Crippen LogP contribution >= 0.6 is 11.6 Å². The number of aryl methyl sites for hydroxylation is 1. The van der Waals surface area contributed by atoms with E-state index >= 15 is 0 Å². The average molecular weight is 288 g/mol. The zero-order valence-electron chi connectivity index (χ0n) is 11.3. The predicted molar refractivity (Wildman–Crippen MR) is 78.6 cm³/mol. The summed E-state index contributed by atoms with van der Waals surface area (Å²) in [6.45, 7) is 2.03. The van der Waals surface area contributed by atoms with E-state index in [9.17, 15) is 0 Å². The minimum atomic E-state index is 0.457. The van der Waals surface area contributed by atoms with Crippen molar-refractivity contribution < 1.29 is 9.47 Å². The van der Waals surface area contributed by atoms with Crippen LogP contribution in [0.5, 0.6) is 17.2 Å². The topological polar surface area (TPSA) is 42.2 Å². The number of methoxy groups -OCH3 is 1. The van der Waals surface area contributed by atoms with E-state index in [2.05, 4.69) is 6.07 Å². The molecule has 0 saturated carbocycles. The number of nitrogens with zero attached hydrogens (tertiary/aromatic N) is 1. The molecule has 102 valence electrons. The fourth-order valence-electron chi connectivity index (χ4n) is 1.82. The fraction of sp³-hybridized carbons (Fsp3) is 0.188. The summed E-state index contributed by atoms with van der Waals surface area (Å²) >= 11 is 6.08. The van der Waals surface area contributed by atoms with Crippen LogP contribution in [0.2, 0.25) is 5.02 Å². The van der Waals surface area contributed by atoms with Crippen molar-refractivity contribution in [3.05, 3.63) is 52.5 Å². The minimum absolute atomic E-state index is 0.457. The molecule has 0 aliphatic heterocycles. The molecule has 2 aromatic carbocycles. The van der Waals surface area contributed by atoms with Gasteiger partial charge in [0, 0.05) is 11.1 Å². The monoisotopic (exact) mass is 287 g/mol. The lowest BCUT2D eigenvalue weighted by Crippen LogP contribution is -1.92. The lowest BCUT2D eigenvalue weighted by Gasteiger charge is -2.10. The first kappa shape index (κ1) is 14.2. The van der Waals surface area contributed by atoms with Crippen molar-refractivity contribution in [2.75, 3.05) is 7.11 Å². The third kappa shape index (κ3) is 3.04. The van der Waals surface area contributed by atoms with Crippen molar-refractivity contribution in [1.82, 2.24) is 0 Å². The molecule has 0 atom stereocenters. The summed E-state index contributed by atoms with van der Waals surface area (Å²) in [5.41, 5.74) is 1.46. The van der Waals surface area contributed by atoms with Crippen molar-refractivity contribution >= 4 is 11.6 Å². The molecule has 0 aromatic heterocycles. The minimum Gasteiger partial charge on any atom is -0.497 e. The first-order valence-electron chi connectivity index (χ1n) is 6.22. The molecular formula is C16H14ClNO2. The maximum atomic E-state index is 9.11. The average Bonchev–Trinajstić information content (AvgIpc) is 2.49. The predicted octanol–water partition coefficient (Wildman–Crippen LogP) is 4.57. The van der Waals surface area contributed by atoms with E-state index in [0.717, 1.165) is 12.0 Å². The number of hydrogen-bond acceptors (Lipinski definition) is 3. The van der Waals surface area contributed by atoms with Crippen molar-refractivity contribution in [3.63, 3.8) is 0 Å². The van der Waals surface area contributed by atoms with E-state index in [-0.39, 0.29) is 0 Å². The molecule has 0 bridgehead atoms. The second-order valence-corrected chi connectivity index (χ2v) is 4.59. The number of benzene rings is 2. The van der Waals surface area contributed by atoms with Crippen LogP contribution in [0.4, 0.5) is 0 Å². The van der Waals surface area contributed by atoms with Crippen LogP contribution in [0, 0.1) is 11.3 Å². The van der Waals surface area contributed by atoms with Gasteiger partial charge in [0.15, 0.2) is 0 Å². The Morgan fingerprint density at radius 3 is 2.55 bits per heavy atom. The van der Waals surface area contributed by atoms with Crippen molar-refractivity contribution in [2.45, 2.75) is 13.3 Å². The maximum Gasteiger partial charge on any atom is 0.148 e. The van der Waals surface area contributed by atoms with Gasteiger partial charge in [-0.3, -0.25) is 0 Å². The molecule has 0 saturated heterocycles. The summed E-state index contributed by atoms with van der Waals surface area (Å²) in [5.74, 6) is 1.76. The molecule has 0 spiro atoms. The highest BCUT2D eigenvalue weighted by Crippen LogP contribution is 2.31. The van der Waals surface area contributed by atoms with Crippen molar-refractivity contribution in [1.29, 1.82) is 5.26 Å². The number of hydrogen-bond donors (Lipinski definition) is 0. The third-order valence-corrected chi connectivity index (χ3v) is 3.30. The summed E-state index contributed by atoms with van der Waals surface area (Å²) in [4.78, 5) is 0. The number of rotatable bonds is 4. The first-order chi connectivity index (χ1) is 9.67. The van der Waals surface area contributed by atoms with E-state index < -0.39 is 0 Å². The van der Waals surface area contributed by atoms with E-state index in [0.29, 0.717) is 27.8 Å². The van der Waals surface area contributed by atoms with Crippen molar-refractivity contribution in [2.24, 2.45) is 0 Å². The van der Waals surface area contributed by atoms with E-state index in [4.69, 9.17) is 26.3 Å². The van der Waals surface area contributed by atoms with Gasteiger partial charge in [0.1, 0.15) is 23.3 Å². The van der Waals surface area contributed by atoms with Gasteiger partial charge in [0.05, 0.1) is 12.7 Å². The van der Waals surface area contributed by atoms with E-state index in [1.54, 1.807) is 37.4 Å². The Kier molecular flexibility index (Phi) is 4.49. The molecule has 2 aromatic rings. The molecule has 0 heterocycles. The molecule has 4 heteroatoms. The summed E-state index contributed by atoms with van der Waals surface area (Å²) in [6, 6.07) is 12.6. The zero-order valence-corrected chi connectivity index (χ0v) is 12.1. The molecule has 0 fully saturated rings. The highest BCUT2D eigenvalue weighted by Gasteiger charge is 2.08. The molecular weight excluding hydrogens is 274 g/mol. The third-order valence-electron chi connectivity index (χ3n) is 2.94. The Morgan fingerprint density at radius 2 is 1.90 bits per heavy atom. The Morgan fingerprint density at radius 1 is 1.15 bits per heavy atom. The molecule has 0 amide bonds. The fourth-order valence-corrected chi connectivity index (χ4v) is 2.07. The summed E-state index contributed by atoms with van der Waals surface area (Å²) < 4.78 is 10.9. The molecule has 3 nitrogen and oxygen atoms in total. The quantitative estimate of drug-likeness (QED) is 0.827. The largest absolute Gasteiger partial charge is 0.497 e. The summed E-state index contributed by atoms with van der Waals surface area (Å²) in [5, 5.41) is 9.83. The van der Waals surface area contributed by atoms with E-state index in [1.165, 1.54) is 0 Å². The van der Waals surface area contributed by atoms with Gasteiger partial charge in [0.25, 0.3) is 0 Å². The van der Waals surface area contributed by atoms with Crippen LogP contribution < -0.4 is 9.47 Å². The van der Waals surface area contributed by atoms with Gasteiger partial charge in [-0.15, -0.1) is 0 Å². The van der Waals surface area contributed by atoms with Crippen molar-refractivity contribution in [3.8, 4) is 23.3 Å². The van der Waals surface area contributed by atoms with E-state index in [1.807, 2.05) is 13.0 Å². The van der Waals surface area contributed by atoms with Crippen LogP contribution in [-0.4, -0.2) is 7.11 Å². The standard InChI is InChI=1S/C16H14ClNO2/c1-3-11-8-14(6-7-15(11)17)20-16-9-13(19-2)5-4-12(16)10-18/h4-9H,3H2,1-2H3. The molecule has 0 N–H and O–H groups in total. The number of halogens is 1. The summed E-state index contributed by atoms with van der Waals surface area (Å²) in [7, 11) is 1.57. The molecule has 0 aliphatic carbocycles. The van der Waals surface area contributed by atoms with Gasteiger partial charge in [-0.05, 0) is 42.3 Å². The highest BCUT2D eigenvalue weighted by molar-refractivity contribution is 6.31. The zero-order chi connectivity index (χ0) is 14.5. The van der Waals surface area contributed by atoms with Crippen LogP contribution in [0.3, 0.4) is 0 Å². The lowest BCUT2D eigenvalue weighted by molar-refractivity contribution is 0.408. The summed E-state index contributed by atoms with van der Waals surface area (Å²) in [6.07, 6.45) is 0.819. The van der Waals surface area contributed by atoms with Gasteiger partial charge >= 0.3 is 0 Å². The first-order valence-corrected chi connectivity index (χ1v) is 6.60. The molecule has 20 heavy (non-hydrogen) atoms. The smallest absolute Gasteiger partial charge is 0.148 e. The molecule has 0 unspecified atom stereocenters. The van der Waals surface area contributed by atoms with Gasteiger partial charge in [-0.2, -0.15) is 5.26 Å². The number of nitriles is 1. The highest BCUT2D eigenvalue weighted by atomic mass is 35.5. The number of ether oxygens (including phenoxy) is 2. The van der Waals surface area contributed by atoms with Crippen LogP contribution in [0.15, 0.2) is 36.4 Å². The Balaban J connectivity index is 2.36. The second-order valence-electron chi connectivity index (χ2n) is 4.18. The van der Waals surface area contributed by atoms with Gasteiger partial charge in [0.2, 0.25) is 0 Å².